The number of nitrogens with one attached hydrogen (secondary N) is 2. The summed E-state index contributed by atoms with van der Waals surface area (Å²) in [6.07, 6.45) is 1.72. The molecule has 0 saturated heterocycles. The number of hydrogen-bond donors (Lipinski definition) is 2. The van der Waals surface area contributed by atoms with Gasteiger partial charge < -0.3 is 10.6 Å². The molecule has 2 amide bonds. The van der Waals surface area contributed by atoms with Crippen molar-refractivity contribution in [1.29, 1.82) is 0 Å². The monoisotopic (exact) mass is 486 g/mol. The molecule has 0 saturated carbocycles. The van der Waals surface area contributed by atoms with Crippen LogP contribution in [0.5, 0.6) is 0 Å². The van der Waals surface area contributed by atoms with Crippen molar-refractivity contribution in [3.63, 3.8) is 0 Å². The van der Waals surface area contributed by atoms with Crippen LogP contribution >= 0.6 is 11.3 Å². The number of non-ortho nitro benzene ring substituents is 1. The SMILES string of the molecule is O=C(Nc1nccs1)C(Cc1ccc([N+](=O)[O-])cc1)NC(=O)C(c1ccccc1)c1ccccc1. The minimum Gasteiger partial charge on any atom is -0.343 e. The van der Waals surface area contributed by atoms with E-state index in [9.17, 15) is 19.7 Å². The lowest BCUT2D eigenvalue weighted by molar-refractivity contribution is -0.384. The highest BCUT2D eigenvalue weighted by Crippen LogP contribution is 2.25. The van der Waals surface area contributed by atoms with Crippen molar-refractivity contribution in [3.8, 4) is 0 Å². The molecule has 0 fully saturated rings. The Kier molecular flexibility index (Phi) is 7.59. The molecule has 1 atom stereocenters. The highest BCUT2D eigenvalue weighted by Gasteiger charge is 2.28. The van der Waals surface area contributed by atoms with Crippen LogP contribution in [0.25, 0.3) is 0 Å². The lowest BCUT2D eigenvalue weighted by atomic mass is 9.90. The van der Waals surface area contributed by atoms with E-state index >= 15 is 0 Å². The van der Waals surface area contributed by atoms with Gasteiger partial charge >= 0.3 is 0 Å². The fourth-order valence-electron chi connectivity index (χ4n) is 3.72. The van der Waals surface area contributed by atoms with Gasteiger partial charge in [0.1, 0.15) is 6.04 Å². The lowest BCUT2D eigenvalue weighted by Crippen LogP contribution is -2.47. The molecule has 0 aliphatic rings. The molecule has 8 nitrogen and oxygen atoms in total. The van der Waals surface area contributed by atoms with Gasteiger partial charge in [-0.05, 0) is 16.7 Å². The number of nitro benzene ring substituents is 1. The minimum absolute atomic E-state index is 0.0465. The van der Waals surface area contributed by atoms with Crippen LogP contribution in [0.2, 0.25) is 0 Å². The molecule has 9 heteroatoms. The molecule has 0 aliphatic carbocycles. The topological polar surface area (TPSA) is 114 Å². The van der Waals surface area contributed by atoms with E-state index in [0.717, 1.165) is 11.1 Å². The number of aromatic nitrogens is 1. The molecule has 1 unspecified atom stereocenters. The average Bonchev–Trinajstić information content (AvgIpc) is 3.38. The van der Waals surface area contributed by atoms with Crippen LogP contribution in [0.3, 0.4) is 0 Å². The van der Waals surface area contributed by atoms with Crippen LogP contribution in [0.1, 0.15) is 22.6 Å². The van der Waals surface area contributed by atoms with Gasteiger partial charge in [-0.3, -0.25) is 19.7 Å². The zero-order valence-electron chi connectivity index (χ0n) is 18.5. The normalized spacial score (nSPS) is 11.6. The maximum atomic E-state index is 13.6. The van der Waals surface area contributed by atoms with Crippen molar-refractivity contribution in [2.24, 2.45) is 0 Å². The average molecular weight is 487 g/mol. The Balaban J connectivity index is 1.61. The number of rotatable bonds is 9. The van der Waals surface area contributed by atoms with Crippen LogP contribution in [-0.2, 0) is 16.0 Å². The Labute approximate surface area is 205 Å². The molecule has 176 valence electrons. The van der Waals surface area contributed by atoms with Gasteiger partial charge in [-0.1, -0.05) is 72.8 Å². The summed E-state index contributed by atoms with van der Waals surface area (Å²) in [5.41, 5.74) is 2.22. The van der Waals surface area contributed by atoms with E-state index in [1.54, 1.807) is 23.7 Å². The lowest BCUT2D eigenvalue weighted by Gasteiger charge is -2.23. The summed E-state index contributed by atoms with van der Waals surface area (Å²) in [6, 6.07) is 23.7. The van der Waals surface area contributed by atoms with E-state index in [1.807, 2.05) is 60.7 Å². The standard InChI is InChI=1S/C26H22N4O4S/c31-24(29-26-27-15-16-35-26)22(17-18-11-13-21(14-12-18)30(33)34)28-25(32)23(19-7-3-1-4-8-19)20-9-5-2-6-10-20/h1-16,22-23H,17H2,(H,28,32)(H,27,29,31). The second-order valence-electron chi connectivity index (χ2n) is 7.77. The van der Waals surface area contributed by atoms with Gasteiger partial charge in [0.25, 0.3) is 5.69 Å². The van der Waals surface area contributed by atoms with Crippen molar-refractivity contribution in [3.05, 3.63) is 123 Å². The Bertz CT molecular complexity index is 1240. The second-order valence-corrected chi connectivity index (χ2v) is 8.66. The number of thiazole rings is 1. The van der Waals surface area contributed by atoms with Gasteiger partial charge in [0.05, 0.1) is 10.8 Å². The van der Waals surface area contributed by atoms with Crippen molar-refractivity contribution in [2.45, 2.75) is 18.4 Å². The van der Waals surface area contributed by atoms with Crippen molar-refractivity contribution in [2.75, 3.05) is 5.32 Å². The first-order valence-electron chi connectivity index (χ1n) is 10.8. The summed E-state index contributed by atoms with van der Waals surface area (Å²) in [7, 11) is 0. The molecule has 1 aromatic heterocycles. The van der Waals surface area contributed by atoms with E-state index in [-0.39, 0.29) is 18.0 Å². The number of carbonyl (C=O) groups excluding carboxylic acids is 2. The van der Waals surface area contributed by atoms with Crippen LogP contribution < -0.4 is 10.6 Å². The number of anilines is 1. The number of carbonyl (C=O) groups is 2. The van der Waals surface area contributed by atoms with Gasteiger partial charge in [0.15, 0.2) is 5.13 Å². The first kappa shape index (κ1) is 23.8. The quantitative estimate of drug-likeness (QED) is 0.266. The van der Waals surface area contributed by atoms with Gasteiger partial charge in [-0.2, -0.15) is 0 Å². The van der Waals surface area contributed by atoms with Crippen LogP contribution in [0.4, 0.5) is 10.8 Å². The van der Waals surface area contributed by atoms with Crippen LogP contribution in [0.15, 0.2) is 96.5 Å². The molecular weight excluding hydrogens is 464 g/mol. The molecule has 2 N–H and O–H groups in total. The number of benzene rings is 3. The zero-order chi connectivity index (χ0) is 24.6. The fraction of sp³-hybridized carbons (Fsp3) is 0.115. The summed E-state index contributed by atoms with van der Waals surface area (Å²) in [6.45, 7) is 0. The molecule has 4 rings (SSSR count). The second kappa shape index (κ2) is 11.2. The summed E-state index contributed by atoms with van der Waals surface area (Å²) < 4.78 is 0. The van der Waals surface area contributed by atoms with Gasteiger partial charge in [0.2, 0.25) is 11.8 Å². The molecule has 0 radical (unpaired) electrons. The summed E-state index contributed by atoms with van der Waals surface area (Å²) in [4.78, 5) is 41.3. The first-order valence-corrected chi connectivity index (χ1v) is 11.7. The summed E-state index contributed by atoms with van der Waals surface area (Å²) in [5, 5.41) is 18.8. The number of amides is 2. The van der Waals surface area contributed by atoms with Crippen molar-refractivity contribution < 1.29 is 14.5 Å². The van der Waals surface area contributed by atoms with Gasteiger partial charge in [-0.15, -0.1) is 11.3 Å². The maximum Gasteiger partial charge on any atom is 0.269 e. The molecule has 35 heavy (non-hydrogen) atoms. The molecule has 3 aromatic carbocycles. The zero-order valence-corrected chi connectivity index (χ0v) is 19.4. The number of hydrogen-bond acceptors (Lipinski definition) is 6. The predicted molar refractivity (Wildman–Crippen MR) is 134 cm³/mol. The third kappa shape index (κ3) is 6.15. The van der Waals surface area contributed by atoms with Crippen molar-refractivity contribution in [1.82, 2.24) is 10.3 Å². The van der Waals surface area contributed by atoms with Crippen molar-refractivity contribution >= 4 is 34.0 Å². The Morgan fingerprint density at radius 2 is 1.49 bits per heavy atom. The third-order valence-corrected chi connectivity index (χ3v) is 6.10. The largest absolute Gasteiger partial charge is 0.343 e. The van der Waals surface area contributed by atoms with Crippen LogP contribution in [-0.4, -0.2) is 27.8 Å². The fourth-order valence-corrected chi connectivity index (χ4v) is 4.25. The number of nitrogens with zero attached hydrogens (tertiary/aromatic N) is 2. The number of nitro groups is 1. The van der Waals surface area contributed by atoms with Crippen LogP contribution in [0, 0.1) is 10.1 Å². The van der Waals surface area contributed by atoms with Gasteiger partial charge in [-0.25, -0.2) is 4.98 Å². The van der Waals surface area contributed by atoms with Gasteiger partial charge in [0, 0.05) is 30.1 Å². The molecule has 1 heterocycles. The van der Waals surface area contributed by atoms with E-state index in [2.05, 4.69) is 15.6 Å². The molecule has 0 aliphatic heterocycles. The van der Waals surface area contributed by atoms with E-state index in [0.29, 0.717) is 10.7 Å². The maximum absolute atomic E-state index is 13.6. The molecule has 4 aromatic rings. The Morgan fingerprint density at radius 3 is 2.00 bits per heavy atom. The predicted octanol–water partition coefficient (Wildman–Crippen LogP) is 4.55. The highest BCUT2D eigenvalue weighted by atomic mass is 32.1. The third-order valence-electron chi connectivity index (χ3n) is 5.41. The molecular formula is C26H22N4O4S. The smallest absolute Gasteiger partial charge is 0.269 e. The highest BCUT2D eigenvalue weighted by molar-refractivity contribution is 7.13. The van der Waals surface area contributed by atoms with E-state index in [1.165, 1.54) is 23.5 Å². The molecule has 0 bridgehead atoms. The summed E-state index contributed by atoms with van der Waals surface area (Å²) in [5.74, 6) is -1.38. The molecule has 0 spiro atoms. The van der Waals surface area contributed by atoms with E-state index < -0.39 is 22.8 Å². The first-order chi connectivity index (χ1) is 17.0. The summed E-state index contributed by atoms with van der Waals surface area (Å²) >= 11 is 1.27. The Hall–Kier alpha value is -4.37. The van der Waals surface area contributed by atoms with E-state index in [4.69, 9.17) is 0 Å². The Morgan fingerprint density at radius 1 is 0.886 bits per heavy atom. The minimum atomic E-state index is -0.928.